The predicted molar refractivity (Wildman–Crippen MR) is 100 cm³/mol. The number of anilines is 2. The fourth-order valence-electron chi connectivity index (χ4n) is 3.00. The lowest BCUT2D eigenvalue weighted by atomic mass is 10.0. The van der Waals surface area contributed by atoms with Crippen molar-refractivity contribution in [1.29, 1.82) is 0 Å². The van der Waals surface area contributed by atoms with E-state index in [1.54, 1.807) is 12.4 Å². The van der Waals surface area contributed by atoms with Gasteiger partial charge in [0.2, 0.25) is 0 Å². The Morgan fingerprint density at radius 2 is 1.80 bits per heavy atom. The quantitative estimate of drug-likeness (QED) is 0.603. The number of aromatic nitrogens is 4. The molecular weight excluding hydrogens is 310 g/mol. The van der Waals surface area contributed by atoms with Crippen LogP contribution in [0.25, 0.3) is 16.8 Å². The second-order valence-electron chi connectivity index (χ2n) is 5.92. The van der Waals surface area contributed by atoms with Gasteiger partial charge in [-0.05, 0) is 31.0 Å². The third-order valence-electron chi connectivity index (χ3n) is 4.14. The molecule has 4 aromatic rings. The van der Waals surface area contributed by atoms with Gasteiger partial charge in [0.1, 0.15) is 5.82 Å². The fourth-order valence-corrected chi connectivity index (χ4v) is 3.00. The van der Waals surface area contributed by atoms with Crippen molar-refractivity contribution in [3.8, 4) is 11.1 Å². The first kappa shape index (κ1) is 15.3. The molecule has 0 aliphatic rings. The minimum Gasteiger partial charge on any atom is -0.340 e. The molecule has 1 aromatic carbocycles. The second-order valence-corrected chi connectivity index (χ2v) is 5.92. The summed E-state index contributed by atoms with van der Waals surface area (Å²) >= 11 is 0. The Kier molecular flexibility index (Phi) is 3.90. The summed E-state index contributed by atoms with van der Waals surface area (Å²) < 4.78 is 1.90. The van der Waals surface area contributed by atoms with Gasteiger partial charge in [0, 0.05) is 35.4 Å². The van der Waals surface area contributed by atoms with Crippen molar-refractivity contribution >= 4 is 17.2 Å². The number of pyridine rings is 1. The molecule has 1 N–H and O–H groups in total. The Morgan fingerprint density at radius 1 is 1.04 bits per heavy atom. The molecule has 0 aliphatic heterocycles. The molecule has 0 amide bonds. The smallest absolute Gasteiger partial charge is 0.165 e. The topological polar surface area (TPSA) is 55.1 Å². The van der Waals surface area contributed by atoms with Crippen LogP contribution in [0, 0.1) is 6.92 Å². The average Bonchev–Trinajstić information content (AvgIpc) is 3.02. The van der Waals surface area contributed by atoms with Crippen LogP contribution in [-0.4, -0.2) is 19.6 Å². The zero-order chi connectivity index (χ0) is 17.2. The van der Waals surface area contributed by atoms with Gasteiger partial charge in [0.15, 0.2) is 5.65 Å². The first-order chi connectivity index (χ1) is 12.3. The van der Waals surface area contributed by atoms with E-state index >= 15 is 0 Å². The first-order valence-electron chi connectivity index (χ1n) is 8.38. The van der Waals surface area contributed by atoms with E-state index in [1.165, 1.54) is 0 Å². The monoisotopic (exact) mass is 329 g/mol. The lowest BCUT2D eigenvalue weighted by Crippen LogP contribution is -2.02. The molecule has 5 heteroatoms. The Bertz CT molecular complexity index is 1010. The van der Waals surface area contributed by atoms with Crippen LogP contribution in [0.3, 0.4) is 0 Å². The maximum absolute atomic E-state index is 4.82. The van der Waals surface area contributed by atoms with E-state index in [0.29, 0.717) is 0 Å². The molecule has 0 atom stereocenters. The number of nitrogens with one attached hydrogen (secondary N) is 1. The third kappa shape index (κ3) is 2.85. The van der Waals surface area contributed by atoms with E-state index in [1.807, 2.05) is 47.8 Å². The normalized spacial score (nSPS) is 11.0. The number of fused-ring (bicyclic) bond motifs is 1. The van der Waals surface area contributed by atoms with E-state index in [-0.39, 0.29) is 0 Å². The number of rotatable bonds is 4. The molecule has 5 nitrogen and oxygen atoms in total. The molecule has 0 aliphatic carbocycles. The zero-order valence-electron chi connectivity index (χ0n) is 14.3. The zero-order valence-corrected chi connectivity index (χ0v) is 14.3. The molecule has 3 heterocycles. The van der Waals surface area contributed by atoms with Gasteiger partial charge in [0.25, 0.3) is 0 Å². The van der Waals surface area contributed by atoms with E-state index in [9.17, 15) is 0 Å². The number of aryl methyl sites for hydroxylation is 2. The second kappa shape index (κ2) is 6.36. The molecule has 4 rings (SSSR count). The molecule has 0 spiro atoms. The van der Waals surface area contributed by atoms with Crippen molar-refractivity contribution in [2.75, 3.05) is 5.32 Å². The van der Waals surface area contributed by atoms with E-state index in [0.717, 1.165) is 46.1 Å². The van der Waals surface area contributed by atoms with Crippen LogP contribution in [-0.2, 0) is 6.42 Å². The number of hydrogen-bond acceptors (Lipinski definition) is 4. The summed E-state index contributed by atoms with van der Waals surface area (Å²) in [6.07, 6.45) is 4.38. The van der Waals surface area contributed by atoms with Crippen LogP contribution in [0.15, 0.2) is 60.9 Å². The van der Waals surface area contributed by atoms with Crippen LogP contribution < -0.4 is 5.32 Å². The number of benzene rings is 1. The van der Waals surface area contributed by atoms with Crippen molar-refractivity contribution in [1.82, 2.24) is 19.6 Å². The highest BCUT2D eigenvalue weighted by Crippen LogP contribution is 2.30. The van der Waals surface area contributed by atoms with Crippen molar-refractivity contribution < 1.29 is 0 Å². The standard InChI is InChI=1S/C20H19N5/c1-3-17-19(15-7-5-4-6-8-15)20-22-14(2)13-18(25(20)24-17)23-16-9-11-21-12-10-16/h4-13H,3H2,1-2H3,(H,21,23). The van der Waals surface area contributed by atoms with Gasteiger partial charge >= 0.3 is 0 Å². The minimum absolute atomic E-state index is 0.849. The maximum atomic E-state index is 4.82. The molecule has 0 bridgehead atoms. The van der Waals surface area contributed by atoms with Gasteiger partial charge < -0.3 is 5.32 Å². The Labute approximate surface area is 146 Å². The molecule has 0 unspecified atom stereocenters. The summed E-state index contributed by atoms with van der Waals surface area (Å²) in [5, 5.41) is 8.25. The minimum atomic E-state index is 0.849. The summed E-state index contributed by atoms with van der Waals surface area (Å²) in [6.45, 7) is 4.13. The molecule has 3 aromatic heterocycles. The number of nitrogens with zero attached hydrogens (tertiary/aromatic N) is 4. The van der Waals surface area contributed by atoms with Crippen LogP contribution in [0.2, 0.25) is 0 Å². The molecule has 0 saturated heterocycles. The summed E-state index contributed by atoms with van der Waals surface area (Å²) in [4.78, 5) is 8.83. The SMILES string of the molecule is CCc1nn2c(Nc3ccncc3)cc(C)nc2c1-c1ccccc1. The average molecular weight is 329 g/mol. The van der Waals surface area contributed by atoms with E-state index in [2.05, 4.69) is 29.4 Å². The fraction of sp³-hybridized carbons (Fsp3) is 0.150. The summed E-state index contributed by atoms with van der Waals surface area (Å²) in [5.41, 5.74) is 6.08. The maximum Gasteiger partial charge on any atom is 0.165 e. The summed E-state index contributed by atoms with van der Waals surface area (Å²) in [7, 11) is 0. The summed E-state index contributed by atoms with van der Waals surface area (Å²) in [5.74, 6) is 0.894. The van der Waals surface area contributed by atoms with Crippen LogP contribution in [0.4, 0.5) is 11.5 Å². The van der Waals surface area contributed by atoms with Gasteiger partial charge in [-0.15, -0.1) is 0 Å². The van der Waals surface area contributed by atoms with Crippen molar-refractivity contribution in [3.63, 3.8) is 0 Å². The summed E-state index contributed by atoms with van der Waals surface area (Å²) in [6, 6.07) is 16.2. The molecule has 0 saturated carbocycles. The van der Waals surface area contributed by atoms with Crippen molar-refractivity contribution in [3.05, 3.63) is 72.3 Å². The van der Waals surface area contributed by atoms with E-state index < -0.39 is 0 Å². The lowest BCUT2D eigenvalue weighted by molar-refractivity contribution is 0.889. The first-order valence-corrected chi connectivity index (χ1v) is 8.38. The highest BCUT2D eigenvalue weighted by Gasteiger charge is 2.17. The predicted octanol–water partition coefficient (Wildman–Crippen LogP) is 4.41. The Hall–Kier alpha value is -3.21. The molecule has 0 fully saturated rings. The van der Waals surface area contributed by atoms with Gasteiger partial charge in [-0.2, -0.15) is 9.61 Å². The highest BCUT2D eigenvalue weighted by atomic mass is 15.3. The van der Waals surface area contributed by atoms with Crippen molar-refractivity contribution in [2.24, 2.45) is 0 Å². The highest BCUT2D eigenvalue weighted by molar-refractivity contribution is 5.81. The number of hydrogen-bond donors (Lipinski definition) is 1. The molecular formula is C20H19N5. The van der Waals surface area contributed by atoms with Crippen LogP contribution in [0.5, 0.6) is 0 Å². The largest absolute Gasteiger partial charge is 0.340 e. The molecule has 0 radical (unpaired) electrons. The van der Waals surface area contributed by atoms with Gasteiger partial charge in [-0.1, -0.05) is 37.3 Å². The lowest BCUT2D eigenvalue weighted by Gasteiger charge is -2.09. The van der Waals surface area contributed by atoms with Gasteiger partial charge in [0.05, 0.1) is 5.69 Å². The molecule has 25 heavy (non-hydrogen) atoms. The Balaban J connectivity index is 1.93. The Morgan fingerprint density at radius 3 is 2.52 bits per heavy atom. The molecule has 124 valence electrons. The van der Waals surface area contributed by atoms with E-state index in [4.69, 9.17) is 10.1 Å². The third-order valence-corrected chi connectivity index (χ3v) is 4.14. The van der Waals surface area contributed by atoms with Crippen LogP contribution in [0.1, 0.15) is 18.3 Å². The van der Waals surface area contributed by atoms with Gasteiger partial charge in [-0.25, -0.2) is 4.98 Å². The van der Waals surface area contributed by atoms with Crippen LogP contribution >= 0.6 is 0 Å². The van der Waals surface area contributed by atoms with Gasteiger partial charge in [-0.3, -0.25) is 4.98 Å². The van der Waals surface area contributed by atoms with Crippen molar-refractivity contribution in [2.45, 2.75) is 20.3 Å².